The summed E-state index contributed by atoms with van der Waals surface area (Å²) in [4.78, 5) is 23.2. The van der Waals surface area contributed by atoms with Gasteiger partial charge in [0.1, 0.15) is 5.75 Å². The fourth-order valence-electron chi connectivity index (χ4n) is 2.19. The van der Waals surface area contributed by atoms with Crippen LogP contribution in [0.25, 0.3) is 0 Å². The molecule has 1 aromatic carbocycles. The summed E-state index contributed by atoms with van der Waals surface area (Å²) in [6, 6.07) is 5.46. The van der Waals surface area contributed by atoms with Gasteiger partial charge in [0.2, 0.25) is 5.91 Å². The summed E-state index contributed by atoms with van der Waals surface area (Å²) in [6.07, 6.45) is 0.980. The maximum atomic E-state index is 11.8. The lowest BCUT2D eigenvalue weighted by Crippen LogP contribution is -2.29. The van der Waals surface area contributed by atoms with Gasteiger partial charge in [-0.1, -0.05) is 13.0 Å². The van der Waals surface area contributed by atoms with Gasteiger partial charge in [-0.25, -0.2) is 4.79 Å². The number of ether oxygens (including phenoxy) is 2. The van der Waals surface area contributed by atoms with Crippen LogP contribution in [0.4, 0.5) is 5.69 Å². The first-order valence-corrected chi connectivity index (χ1v) is 6.90. The van der Waals surface area contributed by atoms with Crippen molar-refractivity contribution in [2.24, 2.45) is 0 Å². The molecule has 0 spiro atoms. The number of carbonyl (C=O) groups excluding carboxylic acids is 2. The zero-order chi connectivity index (χ0) is 14.5. The molecule has 0 aromatic heterocycles. The predicted molar refractivity (Wildman–Crippen MR) is 74.7 cm³/mol. The van der Waals surface area contributed by atoms with Crippen LogP contribution in [0, 0.1) is 0 Å². The molecular weight excluding hydrogens is 258 g/mol. The van der Waals surface area contributed by atoms with E-state index in [1.54, 1.807) is 13.0 Å². The molecule has 0 bridgehead atoms. The summed E-state index contributed by atoms with van der Waals surface area (Å²) in [5.41, 5.74) is 1.70. The Morgan fingerprint density at radius 3 is 2.85 bits per heavy atom. The Kier molecular flexibility index (Phi) is 4.61. The summed E-state index contributed by atoms with van der Waals surface area (Å²) >= 11 is 0. The van der Waals surface area contributed by atoms with Crippen LogP contribution in [-0.4, -0.2) is 24.6 Å². The molecule has 1 atom stereocenters. The Morgan fingerprint density at radius 1 is 1.35 bits per heavy atom. The van der Waals surface area contributed by atoms with Crippen molar-refractivity contribution in [2.45, 2.75) is 39.2 Å². The first-order chi connectivity index (χ1) is 9.65. The van der Waals surface area contributed by atoms with Crippen molar-refractivity contribution < 1.29 is 19.1 Å². The molecule has 0 saturated carbocycles. The van der Waals surface area contributed by atoms with E-state index in [0.717, 1.165) is 11.3 Å². The van der Waals surface area contributed by atoms with Crippen LogP contribution in [0.2, 0.25) is 0 Å². The third kappa shape index (κ3) is 3.10. The van der Waals surface area contributed by atoms with Gasteiger partial charge in [0.15, 0.2) is 6.10 Å². The molecule has 1 amide bonds. The molecule has 1 unspecified atom stereocenters. The number of hydrogen-bond acceptors (Lipinski definition) is 4. The van der Waals surface area contributed by atoms with Gasteiger partial charge in [-0.05, 0) is 31.9 Å². The summed E-state index contributed by atoms with van der Waals surface area (Å²) < 4.78 is 10.8. The molecule has 0 aliphatic carbocycles. The van der Waals surface area contributed by atoms with Gasteiger partial charge in [-0.15, -0.1) is 0 Å². The van der Waals surface area contributed by atoms with Gasteiger partial charge in [0, 0.05) is 17.7 Å². The molecule has 1 aromatic rings. The molecule has 1 aliphatic heterocycles. The number of nitrogens with one attached hydrogen (secondary N) is 1. The Bertz CT molecular complexity index is 513. The SMILES string of the molecule is CCOC(=O)C(CC)Oc1cccc2c1CCC(=O)N2. The van der Waals surface area contributed by atoms with E-state index >= 15 is 0 Å². The average Bonchev–Trinajstić information content (AvgIpc) is 2.44. The molecule has 0 radical (unpaired) electrons. The van der Waals surface area contributed by atoms with Gasteiger partial charge in [0.25, 0.3) is 0 Å². The second kappa shape index (κ2) is 6.41. The Balaban J connectivity index is 2.19. The number of rotatable bonds is 5. The molecule has 1 N–H and O–H groups in total. The minimum atomic E-state index is -0.612. The molecule has 0 saturated heterocycles. The van der Waals surface area contributed by atoms with Crippen LogP contribution < -0.4 is 10.1 Å². The maximum absolute atomic E-state index is 11.8. The highest BCUT2D eigenvalue weighted by molar-refractivity contribution is 5.94. The zero-order valence-electron chi connectivity index (χ0n) is 11.8. The van der Waals surface area contributed by atoms with Gasteiger partial charge >= 0.3 is 5.97 Å². The van der Waals surface area contributed by atoms with Crippen LogP contribution in [0.5, 0.6) is 5.75 Å². The lowest BCUT2D eigenvalue weighted by atomic mass is 10.0. The Hall–Kier alpha value is -2.04. The van der Waals surface area contributed by atoms with Crippen molar-refractivity contribution in [1.29, 1.82) is 0 Å². The molecule has 5 heteroatoms. The van der Waals surface area contributed by atoms with E-state index in [2.05, 4.69) is 5.32 Å². The maximum Gasteiger partial charge on any atom is 0.347 e. The Morgan fingerprint density at radius 2 is 2.15 bits per heavy atom. The van der Waals surface area contributed by atoms with Crippen LogP contribution in [0.1, 0.15) is 32.3 Å². The molecule has 0 fully saturated rings. The summed E-state index contributed by atoms with van der Waals surface area (Å²) in [7, 11) is 0. The fourth-order valence-corrected chi connectivity index (χ4v) is 2.19. The molecule has 1 heterocycles. The van der Waals surface area contributed by atoms with Crippen LogP contribution in [-0.2, 0) is 20.7 Å². The lowest BCUT2D eigenvalue weighted by Gasteiger charge is -2.22. The van der Waals surface area contributed by atoms with Crippen molar-refractivity contribution >= 4 is 17.6 Å². The largest absolute Gasteiger partial charge is 0.478 e. The minimum Gasteiger partial charge on any atom is -0.478 e. The van der Waals surface area contributed by atoms with E-state index < -0.39 is 6.10 Å². The zero-order valence-corrected chi connectivity index (χ0v) is 11.8. The quantitative estimate of drug-likeness (QED) is 0.839. The van der Waals surface area contributed by atoms with E-state index in [-0.39, 0.29) is 11.9 Å². The first-order valence-electron chi connectivity index (χ1n) is 6.90. The summed E-state index contributed by atoms with van der Waals surface area (Å²) in [5.74, 6) is 0.293. The van der Waals surface area contributed by atoms with E-state index in [0.29, 0.717) is 31.6 Å². The lowest BCUT2D eigenvalue weighted by molar-refractivity contribution is -0.151. The summed E-state index contributed by atoms with van der Waals surface area (Å²) in [6.45, 7) is 3.98. The monoisotopic (exact) mass is 277 g/mol. The number of esters is 1. The number of amides is 1. The predicted octanol–water partition coefficient (Wildman–Crippen LogP) is 2.29. The van der Waals surface area contributed by atoms with Crippen molar-refractivity contribution in [1.82, 2.24) is 0 Å². The fraction of sp³-hybridized carbons (Fsp3) is 0.467. The van der Waals surface area contributed by atoms with E-state index in [9.17, 15) is 9.59 Å². The van der Waals surface area contributed by atoms with Crippen molar-refractivity contribution in [3.8, 4) is 5.75 Å². The number of carbonyl (C=O) groups is 2. The normalized spacial score (nSPS) is 15.0. The topological polar surface area (TPSA) is 64.6 Å². The number of hydrogen-bond donors (Lipinski definition) is 1. The van der Waals surface area contributed by atoms with Crippen LogP contribution in [0.3, 0.4) is 0 Å². The standard InChI is InChI=1S/C15H19NO4/c1-3-12(15(18)19-4-2)20-13-7-5-6-11-10(13)8-9-14(17)16-11/h5-7,12H,3-4,8-9H2,1-2H3,(H,16,17). The highest BCUT2D eigenvalue weighted by Crippen LogP contribution is 2.32. The molecule has 2 rings (SSSR count). The first kappa shape index (κ1) is 14.4. The van der Waals surface area contributed by atoms with Crippen molar-refractivity contribution in [2.75, 3.05) is 11.9 Å². The highest BCUT2D eigenvalue weighted by Gasteiger charge is 2.23. The molecular formula is C15H19NO4. The second-order valence-electron chi connectivity index (χ2n) is 4.60. The van der Waals surface area contributed by atoms with Gasteiger partial charge in [0.05, 0.1) is 6.61 Å². The van der Waals surface area contributed by atoms with E-state index in [1.807, 2.05) is 19.1 Å². The third-order valence-corrected chi connectivity index (χ3v) is 3.20. The van der Waals surface area contributed by atoms with E-state index in [1.165, 1.54) is 0 Å². The number of anilines is 1. The van der Waals surface area contributed by atoms with Crippen molar-refractivity contribution in [3.05, 3.63) is 23.8 Å². The van der Waals surface area contributed by atoms with E-state index in [4.69, 9.17) is 9.47 Å². The number of benzene rings is 1. The number of fused-ring (bicyclic) bond motifs is 1. The third-order valence-electron chi connectivity index (χ3n) is 3.20. The molecule has 108 valence electrons. The van der Waals surface area contributed by atoms with Gasteiger partial charge < -0.3 is 14.8 Å². The van der Waals surface area contributed by atoms with Crippen molar-refractivity contribution in [3.63, 3.8) is 0 Å². The van der Waals surface area contributed by atoms with Gasteiger partial charge in [-0.3, -0.25) is 4.79 Å². The second-order valence-corrected chi connectivity index (χ2v) is 4.60. The molecule has 5 nitrogen and oxygen atoms in total. The summed E-state index contributed by atoms with van der Waals surface area (Å²) in [5, 5.41) is 2.81. The van der Waals surface area contributed by atoms with Crippen LogP contribution >= 0.6 is 0 Å². The van der Waals surface area contributed by atoms with Gasteiger partial charge in [-0.2, -0.15) is 0 Å². The van der Waals surface area contributed by atoms with Crippen LogP contribution in [0.15, 0.2) is 18.2 Å². The Labute approximate surface area is 118 Å². The molecule has 1 aliphatic rings. The highest BCUT2D eigenvalue weighted by atomic mass is 16.6. The molecule has 20 heavy (non-hydrogen) atoms. The minimum absolute atomic E-state index is 0.00656. The average molecular weight is 277 g/mol. The smallest absolute Gasteiger partial charge is 0.347 e.